The molecule has 2 N–H and O–H groups in total. The van der Waals surface area contributed by atoms with Crippen molar-refractivity contribution in [1.29, 1.82) is 0 Å². The van der Waals surface area contributed by atoms with Gasteiger partial charge in [-0.25, -0.2) is 9.40 Å². The normalized spacial score (nSPS) is 34.3. The summed E-state index contributed by atoms with van der Waals surface area (Å²) in [6.07, 6.45) is 3.19. The van der Waals surface area contributed by atoms with E-state index in [1.54, 1.807) is 17.0 Å². The van der Waals surface area contributed by atoms with Gasteiger partial charge in [-0.3, -0.25) is 15.1 Å². The number of carbonyl (C=O) groups is 1. The lowest BCUT2D eigenvalue weighted by molar-refractivity contribution is 0.0164. The average molecular weight is 419 g/mol. The zero-order valence-electron chi connectivity index (χ0n) is 17.3. The Morgan fingerprint density at radius 3 is 3.00 bits per heavy atom. The van der Waals surface area contributed by atoms with Crippen molar-refractivity contribution in [2.75, 3.05) is 33.2 Å². The number of nitrogens with one attached hydrogen (secondary N) is 2. The molecule has 1 amide bonds. The fraction of sp³-hybridized carbons (Fsp3) is 0.571. The third-order valence-corrected chi connectivity index (χ3v) is 7.78. The van der Waals surface area contributed by atoms with Crippen molar-refractivity contribution in [3.8, 4) is 0 Å². The SMILES string of the molecule is [2H]C12CN(C(=O)c3cc4c(Cl)c(F)ccc4[nH]3)CCC1NN1CC3(CC3)N(C)CC12. The molecule has 6 rings (SSSR count). The van der Waals surface area contributed by atoms with Crippen LogP contribution in [0.1, 0.15) is 31.1 Å². The molecule has 0 radical (unpaired) electrons. The molecule has 1 aromatic carbocycles. The number of piperazine rings is 1. The third-order valence-electron chi connectivity index (χ3n) is 7.39. The first-order valence-corrected chi connectivity index (χ1v) is 10.7. The monoisotopic (exact) mass is 418 g/mol. The highest BCUT2D eigenvalue weighted by Crippen LogP contribution is 2.47. The number of H-pyrrole nitrogens is 1. The molecule has 3 atom stereocenters. The lowest BCUT2D eigenvalue weighted by atomic mass is 9.86. The zero-order valence-corrected chi connectivity index (χ0v) is 17.1. The van der Waals surface area contributed by atoms with Gasteiger partial charge in [-0.15, -0.1) is 0 Å². The Hall–Kier alpha value is -1.67. The van der Waals surface area contributed by atoms with Crippen LogP contribution < -0.4 is 5.43 Å². The number of hydrazine groups is 1. The van der Waals surface area contributed by atoms with Gasteiger partial charge in [0.1, 0.15) is 11.5 Å². The third kappa shape index (κ3) is 2.68. The first-order valence-electron chi connectivity index (χ1n) is 10.8. The highest BCUT2D eigenvalue weighted by molar-refractivity contribution is 6.35. The van der Waals surface area contributed by atoms with Gasteiger partial charge in [-0.1, -0.05) is 11.6 Å². The van der Waals surface area contributed by atoms with Crippen LogP contribution in [0.2, 0.25) is 5.02 Å². The van der Waals surface area contributed by atoms with Gasteiger partial charge in [0.05, 0.1) is 5.02 Å². The van der Waals surface area contributed by atoms with Crippen molar-refractivity contribution in [1.82, 2.24) is 25.2 Å². The second-order valence-electron chi connectivity index (χ2n) is 9.03. The molecule has 1 aromatic heterocycles. The van der Waals surface area contributed by atoms with Gasteiger partial charge in [-0.05, 0) is 44.5 Å². The first-order chi connectivity index (χ1) is 14.3. The average Bonchev–Trinajstić information content (AvgIpc) is 3.26. The van der Waals surface area contributed by atoms with Crippen LogP contribution >= 0.6 is 11.6 Å². The first kappa shape index (κ1) is 17.1. The predicted octanol–water partition coefficient (Wildman–Crippen LogP) is 2.46. The Morgan fingerprint density at radius 1 is 1.38 bits per heavy atom. The van der Waals surface area contributed by atoms with E-state index in [9.17, 15) is 10.6 Å². The fourth-order valence-corrected chi connectivity index (χ4v) is 5.62. The van der Waals surface area contributed by atoms with Gasteiger partial charge in [0, 0.05) is 62.0 Å². The summed E-state index contributed by atoms with van der Waals surface area (Å²) >= 11 is 6.07. The minimum Gasteiger partial charge on any atom is -0.350 e. The number of carbonyl (C=O) groups excluding carboxylic acids is 1. The molecule has 3 aliphatic heterocycles. The predicted molar refractivity (Wildman–Crippen MR) is 109 cm³/mol. The number of rotatable bonds is 1. The van der Waals surface area contributed by atoms with Crippen LogP contribution in [0.25, 0.3) is 10.9 Å². The number of hydrogen-bond donors (Lipinski definition) is 2. The van der Waals surface area contributed by atoms with Crippen molar-refractivity contribution in [3.05, 3.63) is 34.7 Å². The molecular formula is C21H25ClFN5O. The van der Waals surface area contributed by atoms with Crippen molar-refractivity contribution in [2.24, 2.45) is 5.89 Å². The van der Waals surface area contributed by atoms with Crippen molar-refractivity contribution >= 4 is 28.4 Å². The van der Waals surface area contributed by atoms with E-state index in [0.29, 0.717) is 29.7 Å². The van der Waals surface area contributed by atoms with E-state index in [1.165, 1.54) is 18.9 Å². The molecule has 3 saturated heterocycles. The molecule has 29 heavy (non-hydrogen) atoms. The van der Waals surface area contributed by atoms with E-state index in [2.05, 4.69) is 27.4 Å². The Balaban J connectivity index is 1.26. The Labute approximate surface area is 175 Å². The van der Waals surface area contributed by atoms with Crippen LogP contribution in [0.5, 0.6) is 0 Å². The summed E-state index contributed by atoms with van der Waals surface area (Å²) in [4.78, 5) is 20.5. The molecule has 6 nitrogen and oxygen atoms in total. The second-order valence-corrected chi connectivity index (χ2v) is 9.40. The maximum Gasteiger partial charge on any atom is 0.270 e. The van der Waals surface area contributed by atoms with Gasteiger partial charge in [0.15, 0.2) is 0 Å². The number of fused-ring (bicyclic) bond motifs is 4. The molecular weight excluding hydrogens is 393 g/mol. The Morgan fingerprint density at radius 2 is 2.21 bits per heavy atom. The Bertz CT molecular complexity index is 1060. The van der Waals surface area contributed by atoms with Gasteiger partial charge < -0.3 is 9.88 Å². The van der Waals surface area contributed by atoms with E-state index in [1.807, 2.05) is 0 Å². The minimum atomic E-state index is -0.756. The molecule has 1 spiro atoms. The minimum absolute atomic E-state index is 0.0216. The number of aromatic amines is 1. The van der Waals surface area contributed by atoms with E-state index in [4.69, 9.17) is 11.6 Å². The van der Waals surface area contributed by atoms with Crippen molar-refractivity contribution in [3.63, 3.8) is 0 Å². The standard InChI is InChI=1S/C21H25ClFN5O/c1-26-10-18-13-9-27(7-4-16(13)25-28(18)11-21(26)5-6-21)20(29)17-8-12-15(24-17)3-2-14(23)19(12)22/h2-3,8,13,16,18,24-25H,4-7,9-11H2,1H3/i13D. The maximum atomic E-state index is 13.8. The number of benzene rings is 1. The molecule has 2 aromatic rings. The topological polar surface area (TPSA) is 54.6 Å². The molecule has 8 heteroatoms. The number of halogens is 2. The lowest BCUT2D eigenvalue weighted by Crippen LogP contribution is -2.60. The quantitative estimate of drug-likeness (QED) is 0.747. The molecule has 4 aliphatic rings. The zero-order chi connectivity index (χ0) is 20.8. The van der Waals surface area contributed by atoms with Crippen LogP contribution in [-0.2, 0) is 0 Å². The molecule has 1 aliphatic carbocycles. The highest BCUT2D eigenvalue weighted by atomic mass is 35.5. The van der Waals surface area contributed by atoms with E-state index >= 15 is 0 Å². The van der Waals surface area contributed by atoms with Gasteiger partial charge >= 0.3 is 0 Å². The summed E-state index contributed by atoms with van der Waals surface area (Å²) in [6.45, 7) is 2.76. The number of amides is 1. The number of aromatic nitrogens is 1. The van der Waals surface area contributed by atoms with E-state index in [0.717, 1.165) is 19.5 Å². The molecule has 0 bridgehead atoms. The number of piperidine rings is 1. The van der Waals surface area contributed by atoms with Gasteiger partial charge in [0.2, 0.25) is 0 Å². The van der Waals surface area contributed by atoms with Crippen LogP contribution in [0.3, 0.4) is 0 Å². The van der Waals surface area contributed by atoms with Crippen molar-refractivity contribution < 1.29 is 10.6 Å². The van der Waals surface area contributed by atoms with Crippen LogP contribution in [0.15, 0.2) is 18.2 Å². The van der Waals surface area contributed by atoms with Crippen molar-refractivity contribution in [2.45, 2.75) is 36.9 Å². The summed E-state index contributed by atoms with van der Waals surface area (Å²) in [7, 11) is 2.17. The van der Waals surface area contributed by atoms with Crippen LogP contribution in [0, 0.1) is 11.7 Å². The summed E-state index contributed by atoms with van der Waals surface area (Å²) in [5.74, 6) is -1.41. The summed E-state index contributed by atoms with van der Waals surface area (Å²) in [5.41, 5.74) is 4.91. The number of nitrogens with zero attached hydrogens (tertiary/aromatic N) is 3. The van der Waals surface area contributed by atoms with E-state index < -0.39 is 11.7 Å². The second kappa shape index (κ2) is 6.17. The largest absolute Gasteiger partial charge is 0.350 e. The molecule has 4 fully saturated rings. The van der Waals surface area contributed by atoms with Crippen LogP contribution in [-0.4, -0.2) is 76.5 Å². The van der Waals surface area contributed by atoms with Gasteiger partial charge in [0.25, 0.3) is 5.91 Å². The van der Waals surface area contributed by atoms with E-state index in [-0.39, 0.29) is 28.6 Å². The smallest absolute Gasteiger partial charge is 0.270 e. The molecule has 1 saturated carbocycles. The lowest BCUT2D eigenvalue weighted by Gasteiger charge is -2.44. The fourth-order valence-electron chi connectivity index (χ4n) is 5.40. The molecule has 154 valence electrons. The van der Waals surface area contributed by atoms with Gasteiger partial charge in [-0.2, -0.15) is 0 Å². The number of likely N-dealkylation sites (tertiary alicyclic amines) is 1. The van der Waals surface area contributed by atoms with Crippen LogP contribution in [0.4, 0.5) is 4.39 Å². The summed E-state index contributed by atoms with van der Waals surface area (Å²) in [5, 5.41) is 2.81. The summed E-state index contributed by atoms with van der Waals surface area (Å²) in [6, 6.07) is 4.62. The Kier molecular flexibility index (Phi) is 3.63. The number of likely N-dealkylation sites (N-methyl/N-ethyl adjacent to an activating group) is 1. The highest BCUT2D eigenvalue weighted by Gasteiger charge is 2.57. The molecule has 3 unspecified atom stereocenters. The molecule has 4 heterocycles. The maximum absolute atomic E-state index is 13.8. The summed E-state index contributed by atoms with van der Waals surface area (Å²) < 4.78 is 23.1. The number of hydrogen-bond acceptors (Lipinski definition) is 4.